The van der Waals surface area contributed by atoms with Crippen LogP contribution in [0.4, 0.5) is 4.79 Å². The summed E-state index contributed by atoms with van der Waals surface area (Å²) >= 11 is 0. The molecule has 0 aromatic heterocycles. The van der Waals surface area contributed by atoms with Crippen LogP contribution < -0.4 is 10.6 Å². The Morgan fingerprint density at radius 2 is 1.92 bits per heavy atom. The highest BCUT2D eigenvalue weighted by Crippen LogP contribution is 2.42. The van der Waals surface area contributed by atoms with Crippen molar-refractivity contribution in [2.24, 2.45) is 11.8 Å². The summed E-state index contributed by atoms with van der Waals surface area (Å²) in [5, 5.41) is 5.95. The fourth-order valence-corrected chi connectivity index (χ4v) is 3.85. The fraction of sp³-hybridized carbons (Fsp3) is 0.824. The van der Waals surface area contributed by atoms with E-state index in [9.17, 15) is 14.4 Å². The van der Waals surface area contributed by atoms with Gasteiger partial charge in [-0.1, -0.05) is 0 Å². The first kappa shape index (κ1) is 17.2. The molecule has 3 aliphatic rings. The third-order valence-electron chi connectivity index (χ3n) is 5.76. The largest absolute Gasteiger partial charge is 0.341 e. The highest BCUT2D eigenvalue weighted by Gasteiger charge is 2.56. The number of urea groups is 1. The molecule has 3 rings (SSSR count). The van der Waals surface area contributed by atoms with E-state index in [4.69, 9.17) is 0 Å². The molecule has 2 saturated heterocycles. The van der Waals surface area contributed by atoms with Gasteiger partial charge in [0, 0.05) is 13.1 Å². The minimum Gasteiger partial charge on any atom is -0.341 e. The molecule has 1 saturated carbocycles. The molecule has 1 unspecified atom stereocenters. The smallest absolute Gasteiger partial charge is 0.325 e. The van der Waals surface area contributed by atoms with Gasteiger partial charge in [0.2, 0.25) is 5.91 Å². The minimum absolute atomic E-state index is 0.120. The second kappa shape index (κ2) is 6.70. The van der Waals surface area contributed by atoms with Gasteiger partial charge in [-0.3, -0.25) is 14.5 Å². The summed E-state index contributed by atoms with van der Waals surface area (Å²) in [6, 6.07) is -0.424. The number of hydrogen-bond acceptors (Lipinski definition) is 4. The maximum atomic E-state index is 12.6. The quantitative estimate of drug-likeness (QED) is 0.694. The Bertz CT molecular complexity index is 526. The average molecular weight is 336 g/mol. The van der Waals surface area contributed by atoms with Gasteiger partial charge in [-0.15, -0.1) is 0 Å². The van der Waals surface area contributed by atoms with Crippen molar-refractivity contribution in [2.45, 2.75) is 44.6 Å². The van der Waals surface area contributed by atoms with E-state index in [1.807, 2.05) is 7.05 Å². The Labute approximate surface area is 143 Å². The van der Waals surface area contributed by atoms with E-state index in [0.717, 1.165) is 56.6 Å². The van der Waals surface area contributed by atoms with Crippen molar-refractivity contribution in [3.8, 4) is 0 Å². The number of amides is 4. The summed E-state index contributed by atoms with van der Waals surface area (Å²) < 4.78 is 0. The van der Waals surface area contributed by atoms with Gasteiger partial charge in [-0.25, -0.2) is 4.79 Å². The van der Waals surface area contributed by atoms with Crippen LogP contribution in [0.15, 0.2) is 0 Å². The van der Waals surface area contributed by atoms with Gasteiger partial charge < -0.3 is 15.5 Å². The molecular weight excluding hydrogens is 308 g/mol. The standard InChI is InChI=1S/C17H28N4O3/c1-17(13-3-4-13)15(23)21(16(24)19-17)11-14(22)20-9-6-12(7-10-20)5-8-18-2/h12-13,18H,3-11H2,1-2H3,(H,19,24). The molecule has 0 aromatic rings. The van der Waals surface area contributed by atoms with E-state index >= 15 is 0 Å². The highest BCUT2D eigenvalue weighted by molar-refractivity contribution is 6.09. The first-order chi connectivity index (χ1) is 11.5. The molecule has 1 atom stereocenters. The zero-order valence-electron chi connectivity index (χ0n) is 14.6. The van der Waals surface area contributed by atoms with Gasteiger partial charge >= 0.3 is 6.03 Å². The molecule has 2 N–H and O–H groups in total. The summed E-state index contributed by atoms with van der Waals surface area (Å²) in [4.78, 5) is 40.1. The number of nitrogens with zero attached hydrogens (tertiary/aromatic N) is 2. The summed E-state index contributed by atoms with van der Waals surface area (Å²) in [6.45, 7) is 4.09. The zero-order valence-corrected chi connectivity index (χ0v) is 14.6. The molecule has 2 heterocycles. The molecule has 0 radical (unpaired) electrons. The van der Waals surface area contributed by atoms with Gasteiger partial charge in [0.1, 0.15) is 12.1 Å². The van der Waals surface area contributed by atoms with Crippen LogP contribution in [-0.4, -0.2) is 66.4 Å². The van der Waals surface area contributed by atoms with Gasteiger partial charge in [0.15, 0.2) is 0 Å². The lowest BCUT2D eigenvalue weighted by atomic mass is 9.93. The van der Waals surface area contributed by atoms with Crippen LogP contribution in [0, 0.1) is 11.8 Å². The predicted molar refractivity (Wildman–Crippen MR) is 89.2 cm³/mol. The number of likely N-dealkylation sites (tertiary alicyclic amines) is 1. The SMILES string of the molecule is CNCCC1CCN(C(=O)CN2C(=O)NC(C)(C3CC3)C2=O)CC1. The van der Waals surface area contributed by atoms with Crippen molar-refractivity contribution >= 4 is 17.8 Å². The van der Waals surface area contributed by atoms with Crippen LogP contribution >= 0.6 is 0 Å². The Hall–Kier alpha value is -1.63. The number of piperidine rings is 1. The maximum absolute atomic E-state index is 12.6. The molecule has 4 amide bonds. The van der Waals surface area contributed by atoms with Gasteiger partial charge in [-0.2, -0.15) is 0 Å². The normalized spacial score (nSPS) is 28.4. The molecule has 0 spiro atoms. The molecule has 7 nitrogen and oxygen atoms in total. The van der Waals surface area contributed by atoms with Crippen LogP contribution in [0.5, 0.6) is 0 Å². The van der Waals surface area contributed by atoms with Crippen molar-refractivity contribution in [3.05, 3.63) is 0 Å². The lowest BCUT2D eigenvalue weighted by Gasteiger charge is -2.32. The fourth-order valence-electron chi connectivity index (χ4n) is 3.85. The van der Waals surface area contributed by atoms with Crippen LogP contribution in [0.3, 0.4) is 0 Å². The molecule has 0 aromatic carbocycles. The summed E-state index contributed by atoms with van der Waals surface area (Å²) in [7, 11) is 1.95. The van der Waals surface area contributed by atoms with Crippen LogP contribution in [0.25, 0.3) is 0 Å². The highest BCUT2D eigenvalue weighted by atomic mass is 16.2. The van der Waals surface area contributed by atoms with E-state index < -0.39 is 11.6 Å². The molecule has 2 aliphatic heterocycles. The average Bonchev–Trinajstić information content (AvgIpc) is 3.39. The Balaban J connectivity index is 1.52. The molecule has 134 valence electrons. The van der Waals surface area contributed by atoms with E-state index in [-0.39, 0.29) is 24.3 Å². The Morgan fingerprint density at radius 1 is 1.25 bits per heavy atom. The lowest BCUT2D eigenvalue weighted by molar-refractivity contribution is -0.139. The monoisotopic (exact) mass is 336 g/mol. The second-order valence-corrected chi connectivity index (χ2v) is 7.51. The van der Waals surface area contributed by atoms with Gasteiger partial charge in [-0.05, 0) is 64.5 Å². The number of carbonyl (C=O) groups excluding carboxylic acids is 3. The molecular formula is C17H28N4O3. The maximum Gasteiger partial charge on any atom is 0.325 e. The van der Waals surface area contributed by atoms with Gasteiger partial charge in [0.25, 0.3) is 5.91 Å². The Kier molecular flexibility index (Phi) is 4.80. The number of nitrogens with one attached hydrogen (secondary N) is 2. The lowest BCUT2D eigenvalue weighted by Crippen LogP contribution is -2.48. The molecule has 3 fully saturated rings. The second-order valence-electron chi connectivity index (χ2n) is 7.51. The van der Waals surface area contributed by atoms with Crippen molar-refractivity contribution in [2.75, 3.05) is 33.2 Å². The van der Waals surface area contributed by atoms with Crippen molar-refractivity contribution in [1.29, 1.82) is 0 Å². The van der Waals surface area contributed by atoms with Crippen molar-refractivity contribution < 1.29 is 14.4 Å². The molecule has 0 bridgehead atoms. The predicted octanol–water partition coefficient (Wildman–Crippen LogP) is 0.555. The summed E-state index contributed by atoms with van der Waals surface area (Å²) in [5.41, 5.74) is -0.808. The van der Waals surface area contributed by atoms with Crippen molar-refractivity contribution in [3.63, 3.8) is 0 Å². The van der Waals surface area contributed by atoms with Gasteiger partial charge in [0.05, 0.1) is 0 Å². The minimum atomic E-state index is -0.808. The number of hydrogen-bond donors (Lipinski definition) is 2. The van der Waals surface area contributed by atoms with Crippen LogP contribution in [-0.2, 0) is 9.59 Å². The van der Waals surface area contributed by atoms with Crippen molar-refractivity contribution in [1.82, 2.24) is 20.4 Å². The summed E-state index contributed by atoms with van der Waals surface area (Å²) in [5.74, 6) is 0.506. The van der Waals surface area contributed by atoms with Crippen LogP contribution in [0.1, 0.15) is 39.0 Å². The van der Waals surface area contributed by atoms with E-state index in [1.165, 1.54) is 0 Å². The zero-order chi connectivity index (χ0) is 17.3. The number of rotatable bonds is 6. The summed E-state index contributed by atoms with van der Waals surface area (Å²) in [6.07, 6.45) is 5.04. The Morgan fingerprint density at radius 3 is 2.50 bits per heavy atom. The number of imide groups is 1. The molecule has 7 heteroatoms. The topological polar surface area (TPSA) is 81.8 Å². The third kappa shape index (κ3) is 3.27. The third-order valence-corrected chi connectivity index (χ3v) is 5.76. The molecule has 24 heavy (non-hydrogen) atoms. The first-order valence-electron chi connectivity index (χ1n) is 9.02. The van der Waals surface area contributed by atoms with E-state index in [1.54, 1.807) is 11.8 Å². The van der Waals surface area contributed by atoms with Crippen LogP contribution in [0.2, 0.25) is 0 Å². The van der Waals surface area contributed by atoms with E-state index in [0.29, 0.717) is 5.92 Å². The number of carbonyl (C=O) groups is 3. The first-order valence-corrected chi connectivity index (χ1v) is 9.02. The van der Waals surface area contributed by atoms with E-state index in [2.05, 4.69) is 10.6 Å². The molecule has 1 aliphatic carbocycles.